The van der Waals surface area contributed by atoms with Crippen LogP contribution in [0.25, 0.3) is 0 Å². The third-order valence-electron chi connectivity index (χ3n) is 2.65. The van der Waals surface area contributed by atoms with E-state index < -0.39 is 36.7 Å². The Morgan fingerprint density at radius 3 is 2.16 bits per heavy atom. The van der Waals surface area contributed by atoms with Gasteiger partial charge in [0.2, 0.25) is 0 Å². The van der Waals surface area contributed by atoms with Gasteiger partial charge in [0.1, 0.15) is 12.6 Å². The van der Waals surface area contributed by atoms with Crippen molar-refractivity contribution in [3.8, 4) is 0 Å². The topological polar surface area (TPSA) is 75.3 Å². The Labute approximate surface area is 111 Å². The second kappa shape index (κ2) is 6.19. The van der Waals surface area contributed by atoms with E-state index in [1.807, 2.05) is 0 Å². The summed E-state index contributed by atoms with van der Waals surface area (Å²) in [5.74, 6) is -6.84. The van der Waals surface area contributed by atoms with Gasteiger partial charge >= 0.3 is 12.1 Å². The molecule has 0 bridgehead atoms. The summed E-state index contributed by atoms with van der Waals surface area (Å²) in [5.41, 5.74) is 5.30. The number of rotatable bonds is 5. The number of nitrogens with two attached hydrogens (primary N) is 1. The van der Waals surface area contributed by atoms with E-state index in [9.17, 15) is 31.9 Å². The first kappa shape index (κ1) is 18.3. The molecule has 2 unspecified atom stereocenters. The van der Waals surface area contributed by atoms with Crippen LogP contribution in [-0.4, -0.2) is 41.8 Å². The van der Waals surface area contributed by atoms with Crippen LogP contribution >= 0.6 is 12.4 Å². The number of nitrogens with one attached hydrogen (secondary N) is 1. The Morgan fingerprint density at radius 1 is 1.32 bits per heavy atom. The molecule has 0 saturated heterocycles. The molecule has 2 atom stereocenters. The van der Waals surface area contributed by atoms with Crippen molar-refractivity contribution >= 4 is 18.3 Å². The minimum absolute atomic E-state index is 0. The highest BCUT2D eigenvalue weighted by Crippen LogP contribution is 2.36. The van der Waals surface area contributed by atoms with E-state index in [1.54, 1.807) is 0 Å². The Balaban J connectivity index is 0.00000324. The van der Waals surface area contributed by atoms with Gasteiger partial charge < -0.3 is 16.2 Å². The molecule has 0 aromatic rings. The van der Waals surface area contributed by atoms with Gasteiger partial charge in [0, 0.05) is 6.04 Å². The molecule has 10 heteroatoms. The van der Waals surface area contributed by atoms with E-state index in [0.717, 1.165) is 5.32 Å². The number of carbonyl (C=O) groups excluding carboxylic acids is 1. The zero-order chi connectivity index (χ0) is 14.1. The van der Waals surface area contributed by atoms with Crippen LogP contribution in [0.3, 0.4) is 0 Å². The van der Waals surface area contributed by atoms with Gasteiger partial charge in [0.25, 0.3) is 5.91 Å². The highest BCUT2D eigenvalue weighted by atomic mass is 35.5. The standard InChI is InChI=1S/C9H13F5N2O2.ClH/c10-8(11,12)3-16-7(18)9(13,14)6(17)5(15)4-1-2-4;/h4-6,17H,1-3,15H2,(H,16,18);1H. The number of hydrogen-bond donors (Lipinski definition) is 3. The van der Waals surface area contributed by atoms with Crippen LogP contribution in [0.5, 0.6) is 0 Å². The molecule has 1 aliphatic carbocycles. The second-order valence-corrected chi connectivity index (χ2v) is 4.28. The van der Waals surface area contributed by atoms with Crippen LogP contribution in [0.1, 0.15) is 12.8 Å². The number of alkyl halides is 5. The van der Waals surface area contributed by atoms with E-state index in [4.69, 9.17) is 5.73 Å². The Kier molecular flexibility index (Phi) is 5.97. The summed E-state index contributed by atoms with van der Waals surface area (Å²) in [6.45, 7) is -1.88. The van der Waals surface area contributed by atoms with Gasteiger partial charge in [0.05, 0.1) is 0 Å². The fourth-order valence-corrected chi connectivity index (χ4v) is 1.41. The van der Waals surface area contributed by atoms with Gasteiger partial charge in [-0.05, 0) is 18.8 Å². The lowest BCUT2D eigenvalue weighted by Gasteiger charge is -2.26. The molecule has 1 rings (SSSR count). The summed E-state index contributed by atoms with van der Waals surface area (Å²) >= 11 is 0. The molecule has 1 aliphatic rings. The van der Waals surface area contributed by atoms with Crippen molar-refractivity contribution in [2.75, 3.05) is 6.54 Å². The minimum atomic E-state index is -4.80. The summed E-state index contributed by atoms with van der Waals surface area (Å²) in [6.07, 6.45) is -6.18. The highest BCUT2D eigenvalue weighted by Gasteiger charge is 2.52. The van der Waals surface area contributed by atoms with Crippen LogP contribution in [0.2, 0.25) is 0 Å². The van der Waals surface area contributed by atoms with Gasteiger partial charge in [-0.2, -0.15) is 22.0 Å². The SMILES string of the molecule is Cl.NC(C1CC1)C(O)C(F)(F)C(=O)NCC(F)(F)F. The third-order valence-corrected chi connectivity index (χ3v) is 2.65. The van der Waals surface area contributed by atoms with Crippen molar-refractivity contribution in [2.24, 2.45) is 11.7 Å². The molecule has 1 amide bonds. The second-order valence-electron chi connectivity index (χ2n) is 4.28. The van der Waals surface area contributed by atoms with E-state index in [0.29, 0.717) is 12.8 Å². The maximum atomic E-state index is 13.3. The van der Waals surface area contributed by atoms with Crippen LogP contribution in [0.4, 0.5) is 22.0 Å². The van der Waals surface area contributed by atoms with Crippen LogP contribution in [-0.2, 0) is 4.79 Å². The van der Waals surface area contributed by atoms with Gasteiger partial charge in [-0.3, -0.25) is 4.79 Å². The molecule has 0 heterocycles. The van der Waals surface area contributed by atoms with Gasteiger partial charge in [-0.15, -0.1) is 12.4 Å². The Hall–Kier alpha value is -0.670. The lowest BCUT2D eigenvalue weighted by molar-refractivity contribution is -0.172. The predicted molar refractivity (Wildman–Crippen MR) is 58.0 cm³/mol. The zero-order valence-corrected chi connectivity index (χ0v) is 10.4. The first-order valence-electron chi connectivity index (χ1n) is 5.22. The number of carbonyl (C=O) groups is 1. The third kappa shape index (κ3) is 5.07. The van der Waals surface area contributed by atoms with Crippen molar-refractivity contribution in [1.29, 1.82) is 0 Å². The summed E-state index contributed by atoms with van der Waals surface area (Å²) in [7, 11) is 0. The maximum Gasteiger partial charge on any atom is 0.405 e. The van der Waals surface area contributed by atoms with Crippen molar-refractivity contribution in [2.45, 2.75) is 37.1 Å². The van der Waals surface area contributed by atoms with Crippen molar-refractivity contribution in [3.05, 3.63) is 0 Å². The van der Waals surface area contributed by atoms with Crippen molar-refractivity contribution < 1.29 is 31.9 Å². The largest absolute Gasteiger partial charge is 0.405 e. The monoisotopic (exact) mass is 312 g/mol. The molecule has 1 fully saturated rings. The highest BCUT2D eigenvalue weighted by molar-refractivity contribution is 5.85. The fourth-order valence-electron chi connectivity index (χ4n) is 1.41. The molecule has 0 spiro atoms. The number of hydrogen-bond acceptors (Lipinski definition) is 3. The number of halogens is 6. The van der Waals surface area contributed by atoms with Crippen molar-refractivity contribution in [3.63, 3.8) is 0 Å². The predicted octanol–water partition coefficient (Wildman–Crippen LogP) is 0.820. The van der Waals surface area contributed by atoms with E-state index in [2.05, 4.69) is 0 Å². The quantitative estimate of drug-likeness (QED) is 0.658. The fraction of sp³-hybridized carbons (Fsp3) is 0.889. The zero-order valence-electron chi connectivity index (χ0n) is 9.58. The maximum absolute atomic E-state index is 13.3. The van der Waals surface area contributed by atoms with Crippen LogP contribution in [0, 0.1) is 5.92 Å². The number of amides is 1. The average Bonchev–Trinajstić information content (AvgIpc) is 3.06. The first-order chi connectivity index (χ1) is 8.05. The van der Waals surface area contributed by atoms with Crippen LogP contribution in [0.15, 0.2) is 0 Å². The van der Waals surface area contributed by atoms with E-state index >= 15 is 0 Å². The summed E-state index contributed by atoms with van der Waals surface area (Å²) in [4.78, 5) is 10.9. The molecule has 0 aromatic carbocycles. The van der Waals surface area contributed by atoms with E-state index in [1.165, 1.54) is 0 Å². The molecule has 0 aromatic heterocycles. The molecule has 4 N–H and O–H groups in total. The summed E-state index contributed by atoms with van der Waals surface area (Å²) in [6, 6.07) is -1.32. The molecule has 0 aliphatic heterocycles. The molecular formula is C9H14ClF5N2O2. The van der Waals surface area contributed by atoms with E-state index in [-0.39, 0.29) is 18.3 Å². The van der Waals surface area contributed by atoms with Crippen molar-refractivity contribution in [1.82, 2.24) is 5.32 Å². The molecule has 114 valence electrons. The van der Waals surface area contributed by atoms with Gasteiger partial charge in [-0.1, -0.05) is 0 Å². The average molecular weight is 313 g/mol. The smallest absolute Gasteiger partial charge is 0.385 e. The molecule has 1 saturated carbocycles. The Morgan fingerprint density at radius 2 is 1.79 bits per heavy atom. The lowest BCUT2D eigenvalue weighted by Crippen LogP contribution is -2.56. The Bertz CT molecular complexity index is 322. The lowest BCUT2D eigenvalue weighted by atomic mass is 10.0. The summed E-state index contributed by atoms with van der Waals surface area (Å²) in [5, 5.41) is 10.3. The first-order valence-corrected chi connectivity index (χ1v) is 5.22. The molecule has 4 nitrogen and oxygen atoms in total. The van der Waals surface area contributed by atoms with Gasteiger partial charge in [-0.25, -0.2) is 0 Å². The molecular weight excluding hydrogens is 299 g/mol. The normalized spacial score (nSPS) is 19.3. The van der Waals surface area contributed by atoms with Gasteiger partial charge in [0.15, 0.2) is 0 Å². The van der Waals surface area contributed by atoms with Crippen LogP contribution < -0.4 is 11.1 Å². The summed E-state index contributed by atoms with van der Waals surface area (Å²) < 4.78 is 61.9. The number of aliphatic hydroxyl groups is 1. The number of aliphatic hydroxyl groups excluding tert-OH is 1. The minimum Gasteiger partial charge on any atom is -0.385 e. The molecule has 19 heavy (non-hydrogen) atoms. The molecule has 0 radical (unpaired) electrons.